The summed E-state index contributed by atoms with van der Waals surface area (Å²) in [5.74, 6) is 0.504. The molecule has 0 amide bonds. The maximum atomic E-state index is 13.3. The standard InChI is InChI=1S/C25H23ClN2O2S2/c1-17-12-13-20(18(2)14-17)16-31-25(28-23-11-7-10-22(26)19(23)3)24(15-27)32(29,30)21-8-5-4-6-9-21/h4-14,28H,16H2,1-3H3/b25-24+. The topological polar surface area (TPSA) is 70.0 Å². The van der Waals surface area contributed by atoms with Crippen LogP contribution >= 0.6 is 23.4 Å². The van der Waals surface area contributed by atoms with Crippen LogP contribution in [0.4, 0.5) is 5.69 Å². The highest BCUT2D eigenvalue weighted by molar-refractivity contribution is 8.04. The molecular weight excluding hydrogens is 460 g/mol. The highest BCUT2D eigenvalue weighted by atomic mass is 35.5. The summed E-state index contributed by atoms with van der Waals surface area (Å²) >= 11 is 7.54. The maximum Gasteiger partial charge on any atom is 0.219 e. The summed E-state index contributed by atoms with van der Waals surface area (Å²) in [6.07, 6.45) is 0. The van der Waals surface area contributed by atoms with Gasteiger partial charge in [0.2, 0.25) is 9.84 Å². The van der Waals surface area contributed by atoms with Crippen molar-refractivity contribution in [2.75, 3.05) is 5.32 Å². The third kappa shape index (κ3) is 5.36. The largest absolute Gasteiger partial charge is 0.348 e. The molecule has 0 atom stereocenters. The number of anilines is 1. The molecule has 3 rings (SSSR count). The lowest BCUT2D eigenvalue weighted by molar-refractivity contribution is 0.603. The van der Waals surface area contributed by atoms with Crippen LogP contribution in [0.15, 0.2) is 81.6 Å². The molecule has 7 heteroatoms. The predicted octanol–water partition coefficient (Wildman–Crippen LogP) is 6.78. The van der Waals surface area contributed by atoms with Crippen LogP contribution in [-0.2, 0) is 15.6 Å². The fourth-order valence-corrected chi connectivity index (χ4v) is 5.96. The first kappa shape index (κ1) is 23.9. The van der Waals surface area contributed by atoms with Crippen LogP contribution in [0, 0.1) is 32.1 Å². The Morgan fingerprint density at radius 1 is 1.03 bits per heavy atom. The first-order chi connectivity index (χ1) is 15.2. The van der Waals surface area contributed by atoms with Crippen molar-refractivity contribution in [2.24, 2.45) is 0 Å². The summed E-state index contributed by atoms with van der Waals surface area (Å²) in [6.45, 7) is 5.89. The molecule has 0 aliphatic heterocycles. The quantitative estimate of drug-likeness (QED) is 0.376. The first-order valence-electron chi connectivity index (χ1n) is 9.89. The molecule has 3 aromatic rings. The summed E-state index contributed by atoms with van der Waals surface area (Å²) in [5.41, 5.74) is 4.76. The number of allylic oxidation sites excluding steroid dienone is 1. The number of halogens is 1. The number of nitrogens with one attached hydrogen (secondary N) is 1. The summed E-state index contributed by atoms with van der Waals surface area (Å²) in [7, 11) is -4.01. The van der Waals surface area contributed by atoms with Gasteiger partial charge in [-0.25, -0.2) is 8.42 Å². The Hall–Kier alpha value is -2.72. The van der Waals surface area contributed by atoms with Gasteiger partial charge in [-0.2, -0.15) is 5.26 Å². The van der Waals surface area contributed by atoms with Crippen LogP contribution in [0.1, 0.15) is 22.3 Å². The summed E-state index contributed by atoms with van der Waals surface area (Å²) < 4.78 is 26.6. The third-order valence-electron chi connectivity index (χ3n) is 5.02. The van der Waals surface area contributed by atoms with Crippen molar-refractivity contribution < 1.29 is 8.42 Å². The first-order valence-corrected chi connectivity index (χ1v) is 12.7. The van der Waals surface area contributed by atoms with Gasteiger partial charge in [0.1, 0.15) is 11.1 Å². The van der Waals surface area contributed by atoms with Crippen molar-refractivity contribution in [3.63, 3.8) is 0 Å². The molecule has 1 N–H and O–H groups in total. The molecule has 0 spiro atoms. The lowest BCUT2D eigenvalue weighted by atomic mass is 10.1. The van der Waals surface area contributed by atoms with Gasteiger partial charge in [0.25, 0.3) is 0 Å². The summed E-state index contributed by atoms with van der Waals surface area (Å²) in [5, 5.41) is 13.9. The van der Waals surface area contributed by atoms with E-state index in [-0.39, 0.29) is 14.8 Å². The lowest BCUT2D eigenvalue weighted by Crippen LogP contribution is -2.11. The monoisotopic (exact) mass is 482 g/mol. The molecule has 0 fully saturated rings. The molecule has 0 bridgehead atoms. The van der Waals surface area contributed by atoms with Gasteiger partial charge < -0.3 is 5.32 Å². The second kappa shape index (κ2) is 10.3. The van der Waals surface area contributed by atoms with E-state index in [9.17, 15) is 13.7 Å². The minimum Gasteiger partial charge on any atom is -0.348 e. The number of aryl methyl sites for hydroxylation is 2. The number of hydrogen-bond acceptors (Lipinski definition) is 5. The van der Waals surface area contributed by atoms with Crippen molar-refractivity contribution in [1.82, 2.24) is 0 Å². The molecule has 3 aromatic carbocycles. The summed E-state index contributed by atoms with van der Waals surface area (Å²) in [6, 6.07) is 21.4. The van der Waals surface area contributed by atoms with Gasteiger partial charge in [0.15, 0.2) is 4.91 Å². The second-order valence-corrected chi connectivity index (χ2v) is 10.6. The molecule has 0 aromatic heterocycles. The molecular formula is C25H23ClN2O2S2. The molecule has 0 aliphatic carbocycles. The Kier molecular flexibility index (Phi) is 7.68. The van der Waals surface area contributed by atoms with E-state index in [1.807, 2.05) is 45.0 Å². The fourth-order valence-electron chi connectivity index (χ4n) is 3.13. The van der Waals surface area contributed by atoms with Crippen molar-refractivity contribution >= 4 is 38.9 Å². The number of sulfone groups is 1. The minimum absolute atomic E-state index is 0.0748. The van der Waals surface area contributed by atoms with Crippen LogP contribution in [0.3, 0.4) is 0 Å². The van der Waals surface area contributed by atoms with Crippen LogP contribution in [-0.4, -0.2) is 8.42 Å². The van der Waals surface area contributed by atoms with E-state index in [1.54, 1.807) is 30.3 Å². The number of nitriles is 1. The van der Waals surface area contributed by atoms with Gasteiger partial charge in [0.05, 0.1) is 4.90 Å². The van der Waals surface area contributed by atoms with Crippen molar-refractivity contribution in [3.8, 4) is 6.07 Å². The van der Waals surface area contributed by atoms with Gasteiger partial charge in [0, 0.05) is 16.5 Å². The molecule has 4 nitrogen and oxygen atoms in total. The Labute approximate surface area is 198 Å². The van der Waals surface area contributed by atoms with Crippen molar-refractivity contribution in [1.29, 1.82) is 5.26 Å². The zero-order chi connectivity index (χ0) is 23.3. The predicted molar refractivity (Wildman–Crippen MR) is 133 cm³/mol. The summed E-state index contributed by atoms with van der Waals surface area (Å²) in [4.78, 5) is -0.247. The van der Waals surface area contributed by atoms with Crippen molar-refractivity contribution in [3.05, 3.63) is 104 Å². The Morgan fingerprint density at radius 2 is 1.75 bits per heavy atom. The third-order valence-corrected chi connectivity index (χ3v) is 8.33. The highest BCUT2D eigenvalue weighted by Gasteiger charge is 2.26. The number of nitrogens with zero attached hydrogens (tertiary/aromatic N) is 1. The Morgan fingerprint density at radius 3 is 2.41 bits per heavy atom. The van der Waals surface area contributed by atoms with E-state index in [4.69, 9.17) is 11.6 Å². The average molecular weight is 483 g/mol. The van der Waals surface area contributed by atoms with Gasteiger partial charge in [-0.1, -0.05) is 59.6 Å². The smallest absolute Gasteiger partial charge is 0.219 e. The zero-order valence-corrected chi connectivity index (χ0v) is 20.4. The number of thioether (sulfide) groups is 1. The van der Waals surface area contributed by atoms with Crippen LogP contribution in [0.25, 0.3) is 0 Å². The number of benzene rings is 3. The highest BCUT2D eigenvalue weighted by Crippen LogP contribution is 2.34. The lowest BCUT2D eigenvalue weighted by Gasteiger charge is -2.16. The Bertz CT molecular complexity index is 1310. The maximum absolute atomic E-state index is 13.3. The number of hydrogen-bond donors (Lipinski definition) is 1. The van der Waals surface area contributed by atoms with Crippen LogP contribution in [0.5, 0.6) is 0 Å². The van der Waals surface area contributed by atoms with E-state index < -0.39 is 9.84 Å². The van der Waals surface area contributed by atoms with Crippen LogP contribution in [0.2, 0.25) is 5.02 Å². The molecule has 0 aliphatic rings. The fraction of sp³-hybridized carbons (Fsp3) is 0.160. The normalized spacial score (nSPS) is 12.1. The van der Waals surface area contributed by atoms with E-state index in [0.29, 0.717) is 16.5 Å². The van der Waals surface area contributed by atoms with Gasteiger partial charge >= 0.3 is 0 Å². The minimum atomic E-state index is -4.01. The van der Waals surface area contributed by atoms with Gasteiger partial charge in [-0.3, -0.25) is 0 Å². The molecule has 32 heavy (non-hydrogen) atoms. The molecule has 0 heterocycles. The zero-order valence-electron chi connectivity index (χ0n) is 18.0. The van der Waals surface area contributed by atoms with E-state index >= 15 is 0 Å². The molecule has 0 saturated heterocycles. The second-order valence-electron chi connectivity index (χ2n) is 7.34. The van der Waals surface area contributed by atoms with Crippen LogP contribution < -0.4 is 5.32 Å². The SMILES string of the molecule is Cc1ccc(CS/C(Nc2cccc(Cl)c2C)=C(\C#N)S(=O)(=O)c2ccccc2)c(C)c1. The molecule has 164 valence electrons. The van der Waals surface area contributed by atoms with E-state index in [1.165, 1.54) is 23.9 Å². The van der Waals surface area contributed by atoms with Crippen molar-refractivity contribution in [2.45, 2.75) is 31.4 Å². The number of rotatable bonds is 7. The van der Waals surface area contributed by atoms with Gasteiger partial charge in [-0.05, 0) is 61.7 Å². The van der Waals surface area contributed by atoms with E-state index in [2.05, 4.69) is 11.4 Å². The van der Waals surface area contributed by atoms with Gasteiger partial charge in [-0.15, -0.1) is 11.8 Å². The molecule has 0 saturated carbocycles. The van der Waals surface area contributed by atoms with E-state index in [0.717, 1.165) is 22.3 Å². The molecule has 0 radical (unpaired) electrons. The Balaban J connectivity index is 2.09. The molecule has 0 unspecified atom stereocenters. The average Bonchev–Trinajstić information content (AvgIpc) is 2.77.